The highest BCUT2D eigenvalue weighted by Gasteiger charge is 2.21. The van der Waals surface area contributed by atoms with Gasteiger partial charge in [-0.3, -0.25) is 9.48 Å². The molecule has 0 aliphatic rings. The predicted octanol–water partition coefficient (Wildman–Crippen LogP) is 3.94. The number of rotatable bonds is 6. The number of carbonyl (C=O) groups is 1. The van der Waals surface area contributed by atoms with Gasteiger partial charge in [-0.1, -0.05) is 24.3 Å². The van der Waals surface area contributed by atoms with Gasteiger partial charge in [-0.15, -0.1) is 0 Å². The van der Waals surface area contributed by atoms with Gasteiger partial charge in [0.1, 0.15) is 17.7 Å². The fraction of sp³-hybridized carbons (Fsp3) is 0.208. The minimum Gasteiger partial charge on any atom is -0.338 e. The van der Waals surface area contributed by atoms with Gasteiger partial charge in [-0.05, 0) is 55.3 Å². The molecule has 0 saturated heterocycles. The zero-order valence-electron chi connectivity index (χ0n) is 17.7. The summed E-state index contributed by atoms with van der Waals surface area (Å²) in [5, 5.41) is 7.54. The average Bonchev–Trinajstić information content (AvgIpc) is 3.31. The van der Waals surface area contributed by atoms with E-state index in [1.54, 1.807) is 24.4 Å². The second kappa shape index (κ2) is 8.55. The van der Waals surface area contributed by atoms with Gasteiger partial charge in [-0.25, -0.2) is 9.37 Å². The molecule has 1 atom stereocenters. The fourth-order valence-corrected chi connectivity index (χ4v) is 3.64. The molecule has 2 aromatic carbocycles. The molecule has 6 nitrogen and oxygen atoms in total. The lowest BCUT2D eigenvalue weighted by atomic mass is 10.0. The average molecular weight is 417 g/mol. The molecule has 0 spiro atoms. The van der Waals surface area contributed by atoms with E-state index in [2.05, 4.69) is 15.4 Å². The van der Waals surface area contributed by atoms with Crippen molar-refractivity contribution in [3.8, 4) is 0 Å². The van der Waals surface area contributed by atoms with E-state index in [-0.39, 0.29) is 11.7 Å². The Morgan fingerprint density at radius 2 is 1.90 bits per heavy atom. The molecule has 4 aromatic rings. The molecule has 4 rings (SSSR count). The summed E-state index contributed by atoms with van der Waals surface area (Å²) in [4.78, 5) is 17.5. The minimum atomic E-state index is -0.507. The first kappa shape index (κ1) is 20.5. The van der Waals surface area contributed by atoms with Crippen molar-refractivity contribution in [3.63, 3.8) is 0 Å². The largest absolute Gasteiger partial charge is 0.338 e. The number of aryl methyl sites for hydroxylation is 3. The first-order valence-electron chi connectivity index (χ1n) is 10.0. The third-order valence-corrected chi connectivity index (χ3v) is 5.22. The Bertz CT molecular complexity index is 1210. The highest BCUT2D eigenvalue weighted by atomic mass is 19.1. The van der Waals surface area contributed by atoms with Crippen LogP contribution in [0.1, 0.15) is 44.7 Å². The molecule has 0 aliphatic heterocycles. The van der Waals surface area contributed by atoms with Crippen LogP contribution in [0.5, 0.6) is 0 Å². The van der Waals surface area contributed by atoms with Crippen LogP contribution in [0.15, 0.2) is 67.0 Å². The SMILES string of the molecule is Cc1cc(C)n(Cc2cccc(C(=O)N[C@H](c3ccc(F)cc3)c3nccn3C)c2)n1. The smallest absolute Gasteiger partial charge is 0.252 e. The number of aromatic nitrogens is 4. The van der Waals surface area contributed by atoms with Gasteiger partial charge < -0.3 is 9.88 Å². The Balaban J connectivity index is 1.59. The van der Waals surface area contributed by atoms with Crippen molar-refractivity contribution in [1.29, 1.82) is 0 Å². The van der Waals surface area contributed by atoms with Crippen LogP contribution in [0.3, 0.4) is 0 Å². The quantitative estimate of drug-likeness (QED) is 0.517. The maximum atomic E-state index is 13.4. The van der Waals surface area contributed by atoms with Crippen LogP contribution >= 0.6 is 0 Å². The first-order chi connectivity index (χ1) is 14.9. The Morgan fingerprint density at radius 3 is 2.55 bits per heavy atom. The van der Waals surface area contributed by atoms with Crippen LogP contribution in [0.25, 0.3) is 0 Å². The van der Waals surface area contributed by atoms with Crippen LogP contribution in [0.4, 0.5) is 4.39 Å². The van der Waals surface area contributed by atoms with Gasteiger partial charge in [0.05, 0.1) is 12.2 Å². The lowest BCUT2D eigenvalue weighted by Gasteiger charge is -2.19. The van der Waals surface area contributed by atoms with Crippen LogP contribution in [0, 0.1) is 19.7 Å². The van der Waals surface area contributed by atoms with Crippen molar-refractivity contribution in [2.45, 2.75) is 26.4 Å². The monoisotopic (exact) mass is 417 g/mol. The van der Waals surface area contributed by atoms with Crippen molar-refractivity contribution in [2.24, 2.45) is 7.05 Å². The lowest BCUT2D eigenvalue weighted by Crippen LogP contribution is -2.31. The maximum Gasteiger partial charge on any atom is 0.252 e. The molecule has 2 aromatic heterocycles. The molecular weight excluding hydrogens is 393 g/mol. The highest BCUT2D eigenvalue weighted by molar-refractivity contribution is 5.94. The molecule has 0 unspecified atom stereocenters. The van der Waals surface area contributed by atoms with Gasteiger partial charge >= 0.3 is 0 Å². The number of hydrogen-bond acceptors (Lipinski definition) is 3. The van der Waals surface area contributed by atoms with Gasteiger partial charge in [0, 0.05) is 30.7 Å². The van der Waals surface area contributed by atoms with Crippen LogP contribution in [-0.4, -0.2) is 25.2 Å². The van der Waals surface area contributed by atoms with E-state index in [9.17, 15) is 9.18 Å². The number of halogens is 1. The molecule has 0 fully saturated rings. The summed E-state index contributed by atoms with van der Waals surface area (Å²) in [6.45, 7) is 4.55. The number of carbonyl (C=O) groups excluding carboxylic acids is 1. The van der Waals surface area contributed by atoms with Crippen molar-refractivity contribution in [1.82, 2.24) is 24.6 Å². The third-order valence-electron chi connectivity index (χ3n) is 5.22. The highest BCUT2D eigenvalue weighted by Crippen LogP contribution is 2.22. The Hall–Kier alpha value is -3.74. The van der Waals surface area contributed by atoms with E-state index >= 15 is 0 Å². The Morgan fingerprint density at radius 1 is 1.13 bits per heavy atom. The fourth-order valence-electron chi connectivity index (χ4n) is 3.64. The standard InChI is InChI=1S/C24H24FN5O/c1-16-13-17(2)30(28-16)15-18-5-4-6-20(14-18)24(31)27-22(23-26-11-12-29(23)3)19-7-9-21(25)10-8-19/h4-14,22H,15H2,1-3H3,(H,27,31)/t22-/m1/s1. The van der Waals surface area contributed by atoms with Crippen molar-refractivity contribution in [2.75, 3.05) is 0 Å². The van der Waals surface area contributed by atoms with Crippen LogP contribution in [0.2, 0.25) is 0 Å². The lowest BCUT2D eigenvalue weighted by molar-refractivity contribution is 0.0941. The molecule has 0 bridgehead atoms. The van der Waals surface area contributed by atoms with Crippen LogP contribution < -0.4 is 5.32 Å². The number of nitrogens with one attached hydrogen (secondary N) is 1. The molecule has 0 aliphatic carbocycles. The molecule has 7 heteroatoms. The topological polar surface area (TPSA) is 64.7 Å². The Kier molecular flexibility index (Phi) is 5.66. The summed E-state index contributed by atoms with van der Waals surface area (Å²) in [5.41, 5.74) is 4.31. The molecule has 2 heterocycles. The van der Waals surface area contributed by atoms with E-state index in [4.69, 9.17) is 0 Å². The van der Waals surface area contributed by atoms with E-state index in [0.717, 1.165) is 22.5 Å². The molecule has 1 amide bonds. The van der Waals surface area contributed by atoms with Crippen molar-refractivity contribution < 1.29 is 9.18 Å². The molecule has 0 saturated carbocycles. The normalized spacial score (nSPS) is 12.0. The molecule has 0 radical (unpaired) electrons. The third kappa shape index (κ3) is 4.55. The molecule has 158 valence electrons. The van der Waals surface area contributed by atoms with Crippen LogP contribution in [-0.2, 0) is 13.6 Å². The number of nitrogens with zero attached hydrogens (tertiary/aromatic N) is 4. The van der Waals surface area contributed by atoms with Gasteiger partial charge in [0.15, 0.2) is 0 Å². The second-order valence-electron chi connectivity index (χ2n) is 7.64. The summed E-state index contributed by atoms with van der Waals surface area (Å²) in [6.07, 6.45) is 3.49. The number of benzene rings is 2. The summed E-state index contributed by atoms with van der Waals surface area (Å²) >= 11 is 0. The molecule has 1 N–H and O–H groups in total. The second-order valence-corrected chi connectivity index (χ2v) is 7.64. The van der Waals surface area contributed by atoms with Crippen molar-refractivity contribution in [3.05, 3.63) is 107 Å². The predicted molar refractivity (Wildman–Crippen MR) is 116 cm³/mol. The van der Waals surface area contributed by atoms with Gasteiger partial charge in [0.2, 0.25) is 0 Å². The number of hydrogen-bond donors (Lipinski definition) is 1. The maximum absolute atomic E-state index is 13.4. The first-order valence-corrected chi connectivity index (χ1v) is 10.0. The zero-order valence-corrected chi connectivity index (χ0v) is 17.7. The minimum absolute atomic E-state index is 0.229. The van der Waals surface area contributed by atoms with E-state index in [0.29, 0.717) is 17.9 Å². The molecular formula is C24H24FN5O. The number of amides is 1. The Labute approximate surface area is 180 Å². The van der Waals surface area contributed by atoms with E-state index in [1.807, 2.05) is 60.6 Å². The van der Waals surface area contributed by atoms with E-state index < -0.39 is 6.04 Å². The van der Waals surface area contributed by atoms with Crippen molar-refractivity contribution >= 4 is 5.91 Å². The van der Waals surface area contributed by atoms with Gasteiger partial charge in [0.25, 0.3) is 5.91 Å². The summed E-state index contributed by atoms with van der Waals surface area (Å²) in [6, 6.07) is 15.1. The van der Waals surface area contributed by atoms with Gasteiger partial charge in [-0.2, -0.15) is 5.10 Å². The summed E-state index contributed by atoms with van der Waals surface area (Å²) in [5.74, 6) is 0.108. The van der Waals surface area contributed by atoms with E-state index in [1.165, 1.54) is 12.1 Å². The zero-order chi connectivity index (χ0) is 22.0. The summed E-state index contributed by atoms with van der Waals surface area (Å²) < 4.78 is 17.2. The number of imidazole rings is 1. The molecule has 31 heavy (non-hydrogen) atoms. The summed E-state index contributed by atoms with van der Waals surface area (Å²) in [7, 11) is 1.86.